The third kappa shape index (κ3) is 4.95. The molecule has 0 saturated carbocycles. The maximum atomic E-state index is 12.8. The molecule has 7 nitrogen and oxygen atoms in total. The number of hydrogen-bond donors (Lipinski definition) is 4. The molecule has 1 aromatic heterocycles. The Hall–Kier alpha value is -3.71. The van der Waals surface area contributed by atoms with Crippen LogP contribution in [0.15, 0.2) is 76.8 Å². The van der Waals surface area contributed by atoms with Crippen LogP contribution in [0.3, 0.4) is 0 Å². The van der Waals surface area contributed by atoms with Gasteiger partial charge in [-0.1, -0.05) is 55.0 Å². The van der Waals surface area contributed by atoms with Crippen molar-refractivity contribution >= 4 is 23.8 Å². The van der Waals surface area contributed by atoms with E-state index in [1.807, 2.05) is 80.7 Å². The number of nitrogens with one attached hydrogen (secondary N) is 3. The van der Waals surface area contributed by atoms with Crippen LogP contribution in [0.25, 0.3) is 0 Å². The Bertz CT molecular complexity index is 1140. The fourth-order valence-corrected chi connectivity index (χ4v) is 3.72. The van der Waals surface area contributed by atoms with Crippen molar-refractivity contribution in [1.29, 1.82) is 0 Å². The SMILES string of the molecule is Cc1cccc([C@@H](CO)NC(=O)c2cc(C3N=C(Nc4ccccc4)N=CC3C)c[nH]2)c1. The zero-order valence-corrected chi connectivity index (χ0v) is 18.1. The standard InChI is InChI=1S/C25H27N5O2/c1-16-7-6-8-18(11-16)22(15-31)29-24(32)21-12-19(14-26-21)23-17(2)13-27-25(30-23)28-20-9-4-3-5-10-20/h3-14,17,22-23,26,31H,15H2,1-2H3,(H,28,30)(H,29,32)/t17?,22-,23?/m1/s1. The number of amides is 1. The Labute approximate surface area is 187 Å². The molecule has 2 unspecified atom stereocenters. The second kappa shape index (κ2) is 9.62. The van der Waals surface area contributed by atoms with Gasteiger partial charge in [0.15, 0.2) is 0 Å². The number of nitrogens with zero attached hydrogens (tertiary/aromatic N) is 2. The zero-order valence-electron chi connectivity index (χ0n) is 18.1. The van der Waals surface area contributed by atoms with Crippen LogP contribution >= 0.6 is 0 Å². The number of aliphatic imine (C=N–C) groups is 2. The molecule has 0 spiro atoms. The minimum Gasteiger partial charge on any atom is -0.394 e. The molecule has 2 aromatic carbocycles. The van der Waals surface area contributed by atoms with Gasteiger partial charge in [-0.05, 0) is 36.2 Å². The van der Waals surface area contributed by atoms with Gasteiger partial charge < -0.3 is 20.7 Å². The summed E-state index contributed by atoms with van der Waals surface area (Å²) in [5, 5.41) is 15.9. The summed E-state index contributed by atoms with van der Waals surface area (Å²) in [6.07, 6.45) is 3.68. The first-order chi connectivity index (χ1) is 15.5. The summed E-state index contributed by atoms with van der Waals surface area (Å²) in [6, 6.07) is 18.7. The summed E-state index contributed by atoms with van der Waals surface area (Å²) in [5.41, 5.74) is 4.18. The van der Waals surface area contributed by atoms with E-state index in [2.05, 4.69) is 20.6 Å². The Morgan fingerprint density at radius 1 is 1.16 bits per heavy atom. The van der Waals surface area contributed by atoms with E-state index in [1.54, 1.807) is 6.20 Å². The largest absolute Gasteiger partial charge is 0.394 e. The van der Waals surface area contributed by atoms with E-state index >= 15 is 0 Å². The number of aromatic nitrogens is 1. The Kier molecular flexibility index (Phi) is 6.47. The number of guanidine groups is 1. The molecular weight excluding hydrogens is 402 g/mol. The van der Waals surface area contributed by atoms with E-state index in [-0.39, 0.29) is 24.5 Å². The number of aliphatic hydroxyl groups excluding tert-OH is 1. The van der Waals surface area contributed by atoms with Crippen LogP contribution in [0.1, 0.15) is 46.2 Å². The Morgan fingerprint density at radius 2 is 1.97 bits per heavy atom. The van der Waals surface area contributed by atoms with E-state index in [0.29, 0.717) is 11.7 Å². The molecule has 0 aliphatic carbocycles. The molecular formula is C25H27N5O2. The maximum absolute atomic E-state index is 12.8. The Balaban J connectivity index is 1.48. The van der Waals surface area contributed by atoms with Crippen LogP contribution in [0.4, 0.5) is 5.69 Å². The summed E-state index contributed by atoms with van der Waals surface area (Å²) in [5.74, 6) is 0.340. The average molecular weight is 430 g/mol. The summed E-state index contributed by atoms with van der Waals surface area (Å²) in [6.45, 7) is 3.84. The average Bonchev–Trinajstić information content (AvgIpc) is 3.29. The highest BCUT2D eigenvalue weighted by Crippen LogP contribution is 2.29. The minimum absolute atomic E-state index is 0.0838. The number of para-hydroxylation sites is 1. The van der Waals surface area contributed by atoms with E-state index in [4.69, 9.17) is 4.99 Å². The fourth-order valence-electron chi connectivity index (χ4n) is 3.72. The smallest absolute Gasteiger partial charge is 0.268 e. The molecule has 1 aliphatic heterocycles. The lowest BCUT2D eigenvalue weighted by Gasteiger charge is -2.21. The molecule has 2 heterocycles. The first-order valence-corrected chi connectivity index (χ1v) is 10.6. The second-order valence-electron chi connectivity index (χ2n) is 8.00. The number of carbonyl (C=O) groups is 1. The molecule has 164 valence electrons. The van der Waals surface area contributed by atoms with Gasteiger partial charge in [0.25, 0.3) is 5.91 Å². The lowest BCUT2D eigenvalue weighted by atomic mass is 9.97. The first kappa shape index (κ1) is 21.5. The third-order valence-corrected chi connectivity index (χ3v) is 5.45. The lowest BCUT2D eigenvalue weighted by Crippen LogP contribution is -2.31. The van der Waals surface area contributed by atoms with Crippen molar-refractivity contribution < 1.29 is 9.90 Å². The predicted molar refractivity (Wildman–Crippen MR) is 127 cm³/mol. The number of aliphatic hydroxyl groups is 1. The third-order valence-electron chi connectivity index (χ3n) is 5.45. The number of H-pyrrole nitrogens is 1. The van der Waals surface area contributed by atoms with E-state index < -0.39 is 6.04 Å². The van der Waals surface area contributed by atoms with E-state index in [1.165, 1.54) is 0 Å². The number of benzene rings is 2. The van der Waals surface area contributed by atoms with Gasteiger partial charge in [-0.25, -0.2) is 9.98 Å². The van der Waals surface area contributed by atoms with E-state index in [0.717, 1.165) is 22.4 Å². The molecule has 4 N–H and O–H groups in total. The Morgan fingerprint density at radius 3 is 2.72 bits per heavy atom. The normalized spacial score (nSPS) is 18.7. The molecule has 3 aromatic rings. The summed E-state index contributed by atoms with van der Waals surface area (Å²) in [4.78, 5) is 25.0. The van der Waals surface area contributed by atoms with Crippen molar-refractivity contribution in [2.75, 3.05) is 11.9 Å². The van der Waals surface area contributed by atoms with Crippen LogP contribution in [-0.2, 0) is 0 Å². The quantitative estimate of drug-likeness (QED) is 0.476. The number of aromatic amines is 1. The lowest BCUT2D eigenvalue weighted by molar-refractivity contribution is 0.0911. The minimum atomic E-state index is -0.477. The van der Waals surface area contributed by atoms with Crippen LogP contribution in [0.5, 0.6) is 0 Å². The zero-order chi connectivity index (χ0) is 22.5. The molecule has 0 saturated heterocycles. The van der Waals surface area contributed by atoms with Crippen LogP contribution < -0.4 is 10.6 Å². The van der Waals surface area contributed by atoms with Gasteiger partial charge in [0, 0.05) is 24.0 Å². The topological polar surface area (TPSA) is 102 Å². The number of anilines is 1. The molecule has 0 bridgehead atoms. The summed E-state index contributed by atoms with van der Waals surface area (Å²) in [7, 11) is 0. The van der Waals surface area contributed by atoms with Crippen molar-refractivity contribution in [2.45, 2.75) is 25.9 Å². The highest BCUT2D eigenvalue weighted by Gasteiger charge is 2.24. The van der Waals surface area contributed by atoms with Crippen molar-refractivity contribution in [2.24, 2.45) is 15.9 Å². The van der Waals surface area contributed by atoms with E-state index in [9.17, 15) is 9.90 Å². The van der Waals surface area contributed by atoms with Crippen LogP contribution in [0.2, 0.25) is 0 Å². The van der Waals surface area contributed by atoms with Gasteiger partial charge in [0.05, 0.1) is 18.7 Å². The van der Waals surface area contributed by atoms with Crippen LogP contribution in [0, 0.1) is 12.8 Å². The number of carbonyl (C=O) groups excluding carboxylic acids is 1. The molecule has 1 aliphatic rings. The second-order valence-corrected chi connectivity index (χ2v) is 8.00. The molecule has 0 fully saturated rings. The number of aryl methyl sites for hydroxylation is 1. The van der Waals surface area contributed by atoms with Gasteiger partial charge in [0.1, 0.15) is 5.69 Å². The van der Waals surface area contributed by atoms with Gasteiger partial charge in [0.2, 0.25) is 5.96 Å². The first-order valence-electron chi connectivity index (χ1n) is 10.6. The van der Waals surface area contributed by atoms with Gasteiger partial charge in [-0.2, -0.15) is 0 Å². The number of rotatable bonds is 6. The van der Waals surface area contributed by atoms with Crippen molar-refractivity contribution in [3.8, 4) is 0 Å². The molecule has 4 rings (SSSR count). The highest BCUT2D eigenvalue weighted by atomic mass is 16.3. The highest BCUT2D eigenvalue weighted by molar-refractivity contribution is 6.00. The number of hydrogen-bond acceptors (Lipinski definition) is 5. The van der Waals surface area contributed by atoms with Gasteiger partial charge in [-0.15, -0.1) is 0 Å². The van der Waals surface area contributed by atoms with Crippen molar-refractivity contribution in [3.63, 3.8) is 0 Å². The van der Waals surface area contributed by atoms with Crippen molar-refractivity contribution in [1.82, 2.24) is 10.3 Å². The van der Waals surface area contributed by atoms with Crippen LogP contribution in [-0.4, -0.2) is 34.8 Å². The van der Waals surface area contributed by atoms with Gasteiger partial charge in [-0.3, -0.25) is 4.79 Å². The molecule has 7 heteroatoms. The monoisotopic (exact) mass is 429 g/mol. The molecule has 1 amide bonds. The molecule has 3 atom stereocenters. The predicted octanol–water partition coefficient (Wildman–Crippen LogP) is 4.02. The summed E-state index contributed by atoms with van der Waals surface area (Å²) < 4.78 is 0. The molecule has 32 heavy (non-hydrogen) atoms. The fraction of sp³-hybridized carbons (Fsp3) is 0.240. The maximum Gasteiger partial charge on any atom is 0.268 e. The molecule has 0 radical (unpaired) electrons. The van der Waals surface area contributed by atoms with Gasteiger partial charge >= 0.3 is 0 Å². The summed E-state index contributed by atoms with van der Waals surface area (Å²) >= 11 is 0. The van der Waals surface area contributed by atoms with Crippen molar-refractivity contribution in [3.05, 3.63) is 89.2 Å².